The number of fused-ring (bicyclic) bond motifs is 2. The number of amides is 1. The van der Waals surface area contributed by atoms with Crippen LogP contribution in [0, 0.1) is 5.82 Å². The van der Waals surface area contributed by atoms with Crippen molar-refractivity contribution in [3.63, 3.8) is 0 Å². The number of furan rings is 1. The summed E-state index contributed by atoms with van der Waals surface area (Å²) < 4.78 is 72.1. The summed E-state index contributed by atoms with van der Waals surface area (Å²) in [6.07, 6.45) is -5.61. The number of hydrogen-bond donors (Lipinski definition) is 1. The molecule has 2 aromatic carbocycles. The number of nitrogens with zero attached hydrogens (tertiary/aromatic N) is 4. The van der Waals surface area contributed by atoms with Crippen LogP contribution in [0.5, 0.6) is 0 Å². The molecular weight excluding hydrogens is 740 g/mol. The average Bonchev–Trinajstić information content (AvgIpc) is 3.64. The van der Waals surface area contributed by atoms with Gasteiger partial charge in [0.2, 0.25) is 0 Å². The maximum Gasteiger partial charge on any atom is 0.416 e. The maximum atomic E-state index is 15.3. The summed E-state index contributed by atoms with van der Waals surface area (Å²) in [7, 11) is 0. The van der Waals surface area contributed by atoms with E-state index in [0.29, 0.717) is 42.7 Å². The molecule has 272 valence electrons. The number of rotatable bonds is 8. The minimum Gasteiger partial charge on any atom is -0.465 e. The van der Waals surface area contributed by atoms with Crippen molar-refractivity contribution in [1.29, 1.82) is 0 Å². The van der Waals surface area contributed by atoms with Gasteiger partial charge in [-0.2, -0.15) is 13.2 Å². The average molecular weight is 778 g/mol. The molecule has 1 amide bonds. The van der Waals surface area contributed by atoms with Gasteiger partial charge in [0.15, 0.2) is 4.67 Å². The quantitative estimate of drug-likeness (QED) is 0.190. The molecule has 2 aromatic heterocycles. The highest BCUT2D eigenvalue weighted by atomic mass is 79.9. The molecule has 0 unspecified atom stereocenters. The highest BCUT2D eigenvalue weighted by Gasteiger charge is 2.48. The van der Waals surface area contributed by atoms with Crippen molar-refractivity contribution in [2.24, 2.45) is 0 Å². The van der Waals surface area contributed by atoms with Gasteiger partial charge in [0.05, 0.1) is 49.1 Å². The van der Waals surface area contributed by atoms with E-state index in [4.69, 9.17) is 9.15 Å². The van der Waals surface area contributed by atoms with Crippen LogP contribution in [0.1, 0.15) is 73.4 Å². The number of benzene rings is 2. The van der Waals surface area contributed by atoms with E-state index in [1.54, 1.807) is 57.2 Å². The molecule has 0 radical (unpaired) electrons. The lowest BCUT2D eigenvalue weighted by Crippen LogP contribution is -2.53. The second-order valence-electron chi connectivity index (χ2n) is 13.9. The van der Waals surface area contributed by atoms with E-state index in [1.165, 1.54) is 0 Å². The number of likely N-dealkylation sites (tertiary alicyclic amines) is 1. The number of halogens is 5. The summed E-state index contributed by atoms with van der Waals surface area (Å²) in [6, 6.07) is 13.6. The van der Waals surface area contributed by atoms with Gasteiger partial charge in [0, 0.05) is 24.2 Å². The van der Waals surface area contributed by atoms with Crippen molar-refractivity contribution in [2.45, 2.75) is 83.2 Å². The van der Waals surface area contributed by atoms with E-state index in [-0.39, 0.29) is 17.9 Å². The van der Waals surface area contributed by atoms with Crippen molar-refractivity contribution in [3.05, 3.63) is 126 Å². The van der Waals surface area contributed by atoms with Gasteiger partial charge in [-0.05, 0) is 79.4 Å². The molecule has 1 saturated heterocycles. The van der Waals surface area contributed by atoms with Gasteiger partial charge in [0.1, 0.15) is 17.2 Å². The lowest BCUT2D eigenvalue weighted by molar-refractivity contribution is -0.138. The summed E-state index contributed by atoms with van der Waals surface area (Å²) in [4.78, 5) is 45.1. The van der Waals surface area contributed by atoms with Crippen LogP contribution >= 0.6 is 15.9 Å². The van der Waals surface area contributed by atoms with Gasteiger partial charge < -0.3 is 14.3 Å². The number of alkyl halides is 3. The molecule has 1 spiro atoms. The number of carboxylic acid groups (broad SMARTS) is 1. The Hall–Kier alpha value is -4.21. The van der Waals surface area contributed by atoms with Crippen LogP contribution in [0.15, 0.2) is 79.3 Å². The Labute approximate surface area is 299 Å². The fraction of sp³-hybridized carbons (Fsp3) is 0.417. The topological polar surface area (TPSA) is 110 Å². The molecule has 1 N–H and O–H groups in total. The van der Waals surface area contributed by atoms with Crippen molar-refractivity contribution < 1.29 is 36.6 Å². The van der Waals surface area contributed by atoms with Gasteiger partial charge in [0.25, 0.3) is 5.56 Å². The molecular formula is C36H37BrF4N4O6. The van der Waals surface area contributed by atoms with Gasteiger partial charge in [-0.1, -0.05) is 36.4 Å². The smallest absolute Gasteiger partial charge is 0.416 e. The SMILES string of the molecule is CC(C)(C)N(C(=O)O)[C@@H](Cn1c(=O)c2c(n(Cc3c(F)cccc3C(F)(F)F)c1=O)COC21CCN(Cc2ccc(Br)o2)CC1)c1ccccc1. The van der Waals surface area contributed by atoms with Crippen LogP contribution in [-0.4, -0.2) is 48.8 Å². The molecule has 10 nitrogen and oxygen atoms in total. The summed E-state index contributed by atoms with van der Waals surface area (Å²) in [5.74, 6) is -0.442. The van der Waals surface area contributed by atoms with Crippen molar-refractivity contribution in [1.82, 2.24) is 18.9 Å². The molecule has 0 bridgehead atoms. The van der Waals surface area contributed by atoms with E-state index < -0.39 is 70.7 Å². The lowest BCUT2D eigenvalue weighted by Gasteiger charge is -2.40. The number of carbonyl (C=O) groups is 1. The summed E-state index contributed by atoms with van der Waals surface area (Å²) >= 11 is 3.30. The van der Waals surface area contributed by atoms with E-state index in [1.807, 2.05) is 6.07 Å². The Morgan fingerprint density at radius 3 is 2.25 bits per heavy atom. The highest BCUT2D eigenvalue weighted by Crippen LogP contribution is 2.43. The molecule has 1 fully saturated rings. The van der Waals surface area contributed by atoms with Crippen LogP contribution in [0.3, 0.4) is 0 Å². The van der Waals surface area contributed by atoms with Gasteiger partial charge >= 0.3 is 18.0 Å². The number of ether oxygens (including phenoxy) is 1. The fourth-order valence-electron chi connectivity index (χ4n) is 7.29. The Bertz CT molecular complexity index is 2050. The monoisotopic (exact) mass is 776 g/mol. The van der Waals surface area contributed by atoms with Crippen LogP contribution in [0.2, 0.25) is 0 Å². The molecule has 6 rings (SSSR count). The molecule has 51 heavy (non-hydrogen) atoms. The van der Waals surface area contributed by atoms with Crippen molar-refractivity contribution in [3.8, 4) is 0 Å². The first kappa shape index (κ1) is 36.6. The summed E-state index contributed by atoms with van der Waals surface area (Å²) in [6.45, 7) is 4.89. The first-order valence-electron chi connectivity index (χ1n) is 16.4. The zero-order valence-electron chi connectivity index (χ0n) is 28.2. The standard InChI is InChI=1S/C36H37BrF4N4O6/c1-34(2,3)45(33(48)49)27(22-8-5-4-6-9-22)20-44-31(46)30-28(43(32(44)47)19-24-25(36(39,40)41)10-7-11-26(24)38)21-50-35(30)14-16-42(17-15-35)18-23-12-13-29(37)51-23/h4-13,27H,14-21H2,1-3H3,(H,48,49)/t27-/m0/s1. The third-order valence-corrected chi connectivity index (χ3v) is 10.1. The van der Waals surface area contributed by atoms with Gasteiger partial charge in [-0.25, -0.2) is 14.0 Å². The minimum atomic E-state index is -4.93. The molecule has 2 aliphatic heterocycles. The zero-order valence-corrected chi connectivity index (χ0v) is 29.8. The van der Waals surface area contributed by atoms with Crippen LogP contribution in [-0.2, 0) is 42.8 Å². The molecule has 0 aliphatic carbocycles. The van der Waals surface area contributed by atoms with E-state index in [9.17, 15) is 32.7 Å². The Balaban J connectivity index is 1.51. The van der Waals surface area contributed by atoms with E-state index >= 15 is 4.39 Å². The predicted octanol–water partition coefficient (Wildman–Crippen LogP) is 7.11. The van der Waals surface area contributed by atoms with E-state index in [0.717, 1.165) is 38.0 Å². The Morgan fingerprint density at radius 2 is 1.67 bits per heavy atom. The number of piperidine rings is 1. The lowest BCUT2D eigenvalue weighted by atomic mass is 9.85. The van der Waals surface area contributed by atoms with Crippen molar-refractivity contribution in [2.75, 3.05) is 13.1 Å². The van der Waals surface area contributed by atoms with Gasteiger partial charge in [-0.15, -0.1) is 0 Å². The normalized spacial score (nSPS) is 16.7. The van der Waals surface area contributed by atoms with Crippen LogP contribution in [0.4, 0.5) is 22.4 Å². The molecule has 0 saturated carbocycles. The Kier molecular flexibility index (Phi) is 9.85. The first-order valence-corrected chi connectivity index (χ1v) is 17.2. The largest absolute Gasteiger partial charge is 0.465 e. The van der Waals surface area contributed by atoms with E-state index in [2.05, 4.69) is 20.8 Å². The molecule has 4 heterocycles. The van der Waals surface area contributed by atoms with Crippen LogP contribution < -0.4 is 11.2 Å². The summed E-state index contributed by atoms with van der Waals surface area (Å²) in [5, 5.41) is 10.4. The second-order valence-corrected chi connectivity index (χ2v) is 14.7. The Morgan fingerprint density at radius 1 is 0.980 bits per heavy atom. The molecule has 2 aliphatic rings. The van der Waals surface area contributed by atoms with Crippen LogP contribution in [0.25, 0.3) is 0 Å². The summed E-state index contributed by atoms with van der Waals surface area (Å²) in [5.41, 5.74) is -5.26. The fourth-order valence-corrected chi connectivity index (χ4v) is 7.63. The predicted molar refractivity (Wildman–Crippen MR) is 182 cm³/mol. The number of hydrogen-bond acceptors (Lipinski definition) is 6. The maximum absolute atomic E-state index is 15.3. The van der Waals surface area contributed by atoms with Gasteiger partial charge in [-0.3, -0.25) is 23.7 Å². The highest BCUT2D eigenvalue weighted by molar-refractivity contribution is 9.10. The van der Waals surface area contributed by atoms with Crippen molar-refractivity contribution >= 4 is 22.0 Å². The third-order valence-electron chi connectivity index (χ3n) is 9.67. The zero-order chi connectivity index (χ0) is 36.9. The third kappa shape index (κ3) is 7.15. The number of aromatic nitrogens is 2. The minimum absolute atomic E-state index is 0.0724. The molecule has 15 heteroatoms. The first-order chi connectivity index (χ1) is 24.0. The molecule has 4 aromatic rings. The molecule has 1 atom stereocenters. The second kappa shape index (κ2) is 13.7.